The molecule has 1 saturated heterocycles. The minimum atomic E-state index is -0.0903. The third kappa shape index (κ3) is 5.71. The Morgan fingerprint density at radius 2 is 1.81 bits per heavy atom. The molecule has 170 valence electrons. The molecule has 0 bridgehead atoms. The first-order chi connectivity index (χ1) is 15.5. The average Bonchev–Trinajstić information content (AvgIpc) is 3.19. The number of para-hydroxylation sites is 2. The van der Waals surface area contributed by atoms with Crippen LogP contribution in [-0.4, -0.2) is 64.5 Å². The number of imidazole rings is 1. The Hall–Kier alpha value is -2.35. The summed E-state index contributed by atoms with van der Waals surface area (Å²) in [5, 5.41) is 4.02. The lowest BCUT2D eigenvalue weighted by molar-refractivity contribution is -0.119. The van der Waals surface area contributed by atoms with Crippen LogP contribution in [0.1, 0.15) is 19.4 Å². The Morgan fingerprint density at radius 3 is 2.59 bits per heavy atom. The van der Waals surface area contributed by atoms with Crippen LogP contribution in [0.2, 0.25) is 0 Å². The van der Waals surface area contributed by atoms with Gasteiger partial charge >= 0.3 is 0 Å². The predicted molar refractivity (Wildman–Crippen MR) is 130 cm³/mol. The summed E-state index contributed by atoms with van der Waals surface area (Å²) in [7, 11) is 0. The molecule has 3 aromatic rings. The highest BCUT2D eigenvalue weighted by Gasteiger charge is 2.28. The quantitative estimate of drug-likeness (QED) is 0.503. The average molecular weight is 453 g/mol. The first-order valence-corrected chi connectivity index (χ1v) is 12.2. The Labute approximate surface area is 194 Å². The number of aryl methyl sites for hydroxylation is 2. The predicted octanol–water partition coefficient (Wildman–Crippen LogP) is 3.60. The van der Waals surface area contributed by atoms with Crippen LogP contribution in [0.5, 0.6) is 0 Å². The highest BCUT2D eigenvalue weighted by molar-refractivity contribution is 7.99. The minimum absolute atomic E-state index is 0.0398. The smallest absolute Gasteiger partial charge is 0.230 e. The van der Waals surface area contributed by atoms with Crippen molar-refractivity contribution < 1.29 is 9.53 Å². The molecular formula is C25H32N4O2S. The van der Waals surface area contributed by atoms with E-state index in [0.29, 0.717) is 12.3 Å². The Kier molecular flexibility index (Phi) is 7.50. The number of ether oxygens (including phenoxy) is 1. The summed E-state index contributed by atoms with van der Waals surface area (Å²) in [6.07, 6.45) is 0.925. The van der Waals surface area contributed by atoms with Crippen molar-refractivity contribution in [2.24, 2.45) is 0 Å². The Bertz CT molecular complexity index is 1030. The summed E-state index contributed by atoms with van der Waals surface area (Å²) in [6, 6.07) is 18.6. The van der Waals surface area contributed by atoms with E-state index in [1.165, 1.54) is 17.3 Å². The van der Waals surface area contributed by atoms with Gasteiger partial charge in [-0.25, -0.2) is 4.98 Å². The van der Waals surface area contributed by atoms with Gasteiger partial charge in [-0.3, -0.25) is 9.69 Å². The molecule has 1 amide bonds. The van der Waals surface area contributed by atoms with Gasteiger partial charge in [0.25, 0.3) is 0 Å². The van der Waals surface area contributed by atoms with E-state index in [1.807, 2.05) is 24.3 Å². The Balaban J connectivity index is 1.37. The van der Waals surface area contributed by atoms with Crippen molar-refractivity contribution in [1.82, 2.24) is 19.8 Å². The maximum atomic E-state index is 12.6. The molecule has 4 rings (SSSR count). The fraction of sp³-hybridized carbons (Fsp3) is 0.440. The van der Waals surface area contributed by atoms with Gasteiger partial charge in [0, 0.05) is 31.7 Å². The van der Waals surface area contributed by atoms with Crippen molar-refractivity contribution in [3.8, 4) is 0 Å². The molecule has 0 radical (unpaired) electrons. The molecule has 1 aliphatic rings. The molecule has 1 aliphatic heterocycles. The second kappa shape index (κ2) is 10.5. The molecule has 0 atom stereocenters. The maximum Gasteiger partial charge on any atom is 0.230 e. The molecule has 32 heavy (non-hydrogen) atoms. The number of thioether (sulfide) groups is 1. The number of nitrogens with one attached hydrogen (secondary N) is 1. The van der Waals surface area contributed by atoms with E-state index in [-0.39, 0.29) is 11.4 Å². The molecule has 0 unspecified atom stereocenters. The normalized spacial score (nSPS) is 15.2. The third-order valence-electron chi connectivity index (χ3n) is 6.00. The van der Waals surface area contributed by atoms with E-state index in [4.69, 9.17) is 9.72 Å². The van der Waals surface area contributed by atoms with E-state index >= 15 is 0 Å². The summed E-state index contributed by atoms with van der Waals surface area (Å²) in [4.78, 5) is 19.8. The van der Waals surface area contributed by atoms with Crippen LogP contribution in [0.15, 0.2) is 59.8 Å². The van der Waals surface area contributed by atoms with Crippen LogP contribution in [0.4, 0.5) is 0 Å². The molecule has 0 saturated carbocycles. The zero-order valence-corrected chi connectivity index (χ0v) is 19.7. The first-order valence-electron chi connectivity index (χ1n) is 11.2. The van der Waals surface area contributed by atoms with Crippen molar-refractivity contribution >= 4 is 28.7 Å². The van der Waals surface area contributed by atoms with E-state index in [2.05, 4.69) is 59.0 Å². The van der Waals surface area contributed by atoms with E-state index in [1.54, 1.807) is 0 Å². The maximum absolute atomic E-state index is 12.6. The number of aromatic nitrogens is 2. The number of carbonyl (C=O) groups is 1. The lowest BCUT2D eigenvalue weighted by Crippen LogP contribution is -2.55. The van der Waals surface area contributed by atoms with Crippen LogP contribution < -0.4 is 5.32 Å². The second-order valence-electron chi connectivity index (χ2n) is 8.75. The van der Waals surface area contributed by atoms with Crippen molar-refractivity contribution in [2.75, 3.05) is 38.6 Å². The van der Waals surface area contributed by atoms with Gasteiger partial charge in [0.15, 0.2) is 5.16 Å². The summed E-state index contributed by atoms with van der Waals surface area (Å²) < 4.78 is 7.68. The zero-order chi connectivity index (χ0) is 22.4. The first kappa shape index (κ1) is 22.8. The van der Waals surface area contributed by atoms with Gasteiger partial charge in [0.2, 0.25) is 5.91 Å². The molecule has 2 aromatic carbocycles. The monoisotopic (exact) mass is 452 g/mol. The van der Waals surface area contributed by atoms with Gasteiger partial charge in [-0.2, -0.15) is 0 Å². The number of nitrogens with zero attached hydrogens (tertiary/aromatic N) is 3. The second-order valence-corrected chi connectivity index (χ2v) is 9.69. The molecule has 2 heterocycles. The van der Waals surface area contributed by atoms with Crippen molar-refractivity contribution in [3.05, 3.63) is 60.2 Å². The number of rotatable bonds is 9. The number of hydrogen-bond acceptors (Lipinski definition) is 5. The topological polar surface area (TPSA) is 59.4 Å². The fourth-order valence-corrected chi connectivity index (χ4v) is 4.91. The van der Waals surface area contributed by atoms with Gasteiger partial charge < -0.3 is 14.6 Å². The van der Waals surface area contributed by atoms with E-state index in [9.17, 15) is 4.79 Å². The minimum Gasteiger partial charge on any atom is -0.379 e. The van der Waals surface area contributed by atoms with Crippen molar-refractivity contribution in [1.29, 1.82) is 0 Å². The molecule has 7 heteroatoms. The summed E-state index contributed by atoms with van der Waals surface area (Å²) in [6.45, 7) is 9.13. The molecule has 6 nitrogen and oxygen atoms in total. The number of hydrogen-bond donors (Lipinski definition) is 1. The standard InChI is InChI=1S/C25H32N4O2S/c1-25(2,28-14-16-31-17-15-28)19-26-23(30)18-32-24-27-21-10-6-7-11-22(21)29(24)13-12-20-8-4-3-5-9-20/h3-11H,12-19H2,1-2H3,(H,26,30). The lowest BCUT2D eigenvalue weighted by Gasteiger charge is -2.40. The number of benzene rings is 2. The zero-order valence-electron chi connectivity index (χ0n) is 18.9. The van der Waals surface area contributed by atoms with Crippen LogP contribution in [0.25, 0.3) is 11.0 Å². The van der Waals surface area contributed by atoms with Gasteiger partial charge in [0.1, 0.15) is 0 Å². The third-order valence-corrected chi connectivity index (χ3v) is 6.98. The fourth-order valence-electron chi connectivity index (χ4n) is 4.04. The van der Waals surface area contributed by atoms with Gasteiger partial charge in [0.05, 0.1) is 30.0 Å². The molecule has 0 spiro atoms. The lowest BCUT2D eigenvalue weighted by atomic mass is 10.0. The van der Waals surface area contributed by atoms with Crippen LogP contribution in [-0.2, 0) is 22.5 Å². The summed E-state index contributed by atoms with van der Waals surface area (Å²) in [5.74, 6) is 0.395. The van der Waals surface area contributed by atoms with Crippen LogP contribution in [0.3, 0.4) is 0 Å². The summed E-state index contributed by atoms with van der Waals surface area (Å²) >= 11 is 1.51. The highest BCUT2D eigenvalue weighted by atomic mass is 32.2. The summed E-state index contributed by atoms with van der Waals surface area (Å²) in [5.41, 5.74) is 3.29. The Morgan fingerprint density at radius 1 is 1.09 bits per heavy atom. The van der Waals surface area contributed by atoms with Crippen LogP contribution in [0, 0.1) is 0 Å². The van der Waals surface area contributed by atoms with Gasteiger partial charge in [-0.05, 0) is 38.0 Å². The van der Waals surface area contributed by atoms with Crippen molar-refractivity contribution in [3.63, 3.8) is 0 Å². The molecule has 1 N–H and O–H groups in total. The SMILES string of the molecule is CC(C)(CNC(=O)CSc1nc2ccccc2n1CCc1ccccc1)N1CCOCC1. The molecule has 1 fully saturated rings. The molecule has 1 aromatic heterocycles. The van der Waals surface area contributed by atoms with E-state index < -0.39 is 0 Å². The molecular weight excluding hydrogens is 420 g/mol. The number of fused-ring (bicyclic) bond motifs is 1. The number of morpholine rings is 1. The van der Waals surface area contributed by atoms with Gasteiger partial charge in [-0.1, -0.05) is 54.2 Å². The number of carbonyl (C=O) groups excluding carboxylic acids is 1. The number of amides is 1. The van der Waals surface area contributed by atoms with E-state index in [0.717, 1.165) is 55.5 Å². The van der Waals surface area contributed by atoms with Crippen molar-refractivity contribution in [2.45, 2.75) is 37.5 Å². The van der Waals surface area contributed by atoms with Crippen LogP contribution >= 0.6 is 11.8 Å². The largest absolute Gasteiger partial charge is 0.379 e. The molecule has 0 aliphatic carbocycles. The highest BCUT2D eigenvalue weighted by Crippen LogP contribution is 2.25. The van der Waals surface area contributed by atoms with Gasteiger partial charge in [-0.15, -0.1) is 0 Å².